The van der Waals surface area contributed by atoms with Gasteiger partial charge in [0.1, 0.15) is 0 Å². The lowest BCUT2D eigenvalue weighted by atomic mass is 9.79. The van der Waals surface area contributed by atoms with Gasteiger partial charge in [-0.2, -0.15) is 5.10 Å². The highest BCUT2D eigenvalue weighted by Crippen LogP contribution is 2.33. The van der Waals surface area contributed by atoms with Gasteiger partial charge in [-0.05, 0) is 25.0 Å². The van der Waals surface area contributed by atoms with Gasteiger partial charge in [-0.1, -0.05) is 24.6 Å². The maximum atomic E-state index is 12.0. The Labute approximate surface area is 116 Å². The van der Waals surface area contributed by atoms with Crippen LogP contribution in [0.25, 0.3) is 17.0 Å². The number of nitrogens with zero attached hydrogens (tertiary/aromatic N) is 1. The molecule has 4 rings (SSSR count). The molecule has 1 aromatic carbocycles. The number of para-hydroxylation sites is 1. The first-order valence-electron chi connectivity index (χ1n) is 6.99. The Morgan fingerprint density at radius 3 is 2.90 bits per heavy atom. The predicted molar refractivity (Wildman–Crippen MR) is 79.2 cm³/mol. The van der Waals surface area contributed by atoms with Crippen molar-refractivity contribution in [1.82, 2.24) is 10.4 Å². The largest absolute Gasteiger partial charge is 0.361 e. The third kappa shape index (κ3) is 1.68. The third-order valence-corrected chi connectivity index (χ3v) is 4.21. The van der Waals surface area contributed by atoms with E-state index in [0.29, 0.717) is 5.92 Å². The number of benzene rings is 1. The van der Waals surface area contributed by atoms with Gasteiger partial charge in [0.05, 0.1) is 11.3 Å². The summed E-state index contributed by atoms with van der Waals surface area (Å²) in [6.45, 7) is 0. The maximum absolute atomic E-state index is 12.0. The number of aromatic amines is 1. The molecule has 1 aliphatic heterocycles. The molecule has 100 valence electrons. The van der Waals surface area contributed by atoms with E-state index in [1.807, 2.05) is 30.5 Å². The van der Waals surface area contributed by atoms with Crippen molar-refractivity contribution in [3.8, 4) is 0 Å². The molecule has 0 spiro atoms. The van der Waals surface area contributed by atoms with Crippen molar-refractivity contribution in [3.05, 3.63) is 41.6 Å². The van der Waals surface area contributed by atoms with Gasteiger partial charge in [0.25, 0.3) is 5.91 Å². The molecule has 2 aliphatic rings. The SMILES string of the molecule is O=C1NN=C(C2CCC2)C1=Cc1c[nH]c2ccccc12. The Bertz CT molecular complexity index is 750. The minimum absolute atomic E-state index is 0.0859. The quantitative estimate of drug-likeness (QED) is 0.806. The molecule has 1 saturated carbocycles. The summed E-state index contributed by atoms with van der Waals surface area (Å²) < 4.78 is 0. The molecule has 0 saturated heterocycles. The molecule has 1 aromatic heterocycles. The minimum atomic E-state index is -0.0859. The minimum Gasteiger partial charge on any atom is -0.361 e. The molecular formula is C16H15N3O. The van der Waals surface area contributed by atoms with Gasteiger partial charge in [0, 0.05) is 28.6 Å². The van der Waals surface area contributed by atoms with E-state index >= 15 is 0 Å². The van der Waals surface area contributed by atoms with Gasteiger partial charge in [0.15, 0.2) is 0 Å². The van der Waals surface area contributed by atoms with Crippen LogP contribution in [0, 0.1) is 5.92 Å². The Balaban J connectivity index is 1.78. The van der Waals surface area contributed by atoms with Crippen molar-refractivity contribution in [1.29, 1.82) is 0 Å². The number of nitrogens with one attached hydrogen (secondary N) is 2. The summed E-state index contributed by atoms with van der Waals surface area (Å²) in [4.78, 5) is 15.2. The zero-order valence-corrected chi connectivity index (χ0v) is 11.0. The molecular weight excluding hydrogens is 250 g/mol. The fourth-order valence-corrected chi connectivity index (χ4v) is 2.85. The number of fused-ring (bicyclic) bond motifs is 1. The first-order chi connectivity index (χ1) is 9.83. The van der Waals surface area contributed by atoms with Gasteiger partial charge in [-0.3, -0.25) is 4.79 Å². The zero-order valence-electron chi connectivity index (χ0n) is 11.0. The maximum Gasteiger partial charge on any atom is 0.273 e. The van der Waals surface area contributed by atoms with E-state index < -0.39 is 0 Å². The summed E-state index contributed by atoms with van der Waals surface area (Å²) in [5, 5.41) is 5.35. The topological polar surface area (TPSA) is 57.2 Å². The summed E-state index contributed by atoms with van der Waals surface area (Å²) >= 11 is 0. The third-order valence-electron chi connectivity index (χ3n) is 4.21. The second-order valence-electron chi connectivity index (χ2n) is 5.41. The van der Waals surface area contributed by atoms with Crippen LogP contribution in [0.15, 0.2) is 41.1 Å². The van der Waals surface area contributed by atoms with Crippen LogP contribution in [0.2, 0.25) is 0 Å². The molecule has 2 heterocycles. The van der Waals surface area contributed by atoms with Crippen molar-refractivity contribution in [2.45, 2.75) is 19.3 Å². The first-order valence-corrected chi connectivity index (χ1v) is 6.99. The van der Waals surface area contributed by atoms with Gasteiger partial charge in [-0.25, -0.2) is 5.43 Å². The lowest BCUT2D eigenvalue weighted by Crippen LogP contribution is -2.23. The van der Waals surface area contributed by atoms with Crippen LogP contribution in [-0.4, -0.2) is 16.6 Å². The standard InChI is InChI=1S/C16H15N3O/c20-16-13(15(18-19-16)10-4-3-5-10)8-11-9-17-14-7-2-1-6-12(11)14/h1-2,6-10,17H,3-5H2,(H,19,20). The van der Waals surface area contributed by atoms with Crippen molar-refractivity contribution in [2.24, 2.45) is 11.0 Å². The normalized spacial score (nSPS) is 21.1. The van der Waals surface area contributed by atoms with Crippen LogP contribution < -0.4 is 5.43 Å². The predicted octanol–water partition coefficient (Wildman–Crippen LogP) is 2.84. The number of hydrogen-bond donors (Lipinski definition) is 2. The van der Waals surface area contributed by atoms with Crippen LogP contribution in [0.4, 0.5) is 0 Å². The average molecular weight is 265 g/mol. The number of amides is 1. The highest BCUT2D eigenvalue weighted by Gasteiger charge is 2.32. The summed E-state index contributed by atoms with van der Waals surface area (Å²) in [6, 6.07) is 8.10. The fraction of sp³-hybridized carbons (Fsp3) is 0.250. The highest BCUT2D eigenvalue weighted by atomic mass is 16.2. The van der Waals surface area contributed by atoms with E-state index in [0.717, 1.165) is 40.6 Å². The van der Waals surface area contributed by atoms with Crippen LogP contribution in [0.5, 0.6) is 0 Å². The Morgan fingerprint density at radius 1 is 1.25 bits per heavy atom. The van der Waals surface area contributed by atoms with Crippen molar-refractivity contribution >= 4 is 28.6 Å². The summed E-state index contributed by atoms with van der Waals surface area (Å²) in [5.74, 6) is 0.364. The fourth-order valence-electron chi connectivity index (χ4n) is 2.85. The van der Waals surface area contributed by atoms with Crippen LogP contribution >= 0.6 is 0 Å². The summed E-state index contributed by atoms with van der Waals surface area (Å²) in [7, 11) is 0. The monoisotopic (exact) mass is 265 g/mol. The molecule has 4 heteroatoms. The zero-order chi connectivity index (χ0) is 13.5. The second-order valence-corrected chi connectivity index (χ2v) is 5.41. The highest BCUT2D eigenvalue weighted by molar-refractivity contribution is 6.28. The van der Waals surface area contributed by atoms with Crippen LogP contribution in [-0.2, 0) is 4.79 Å². The number of H-pyrrole nitrogens is 1. The number of hydrazone groups is 1. The number of carbonyl (C=O) groups is 1. The summed E-state index contributed by atoms with van der Waals surface area (Å²) in [6.07, 6.45) is 7.41. The number of hydrogen-bond acceptors (Lipinski definition) is 2. The lowest BCUT2D eigenvalue weighted by molar-refractivity contribution is -0.116. The average Bonchev–Trinajstić information content (AvgIpc) is 2.96. The Hall–Kier alpha value is -2.36. The molecule has 1 aliphatic carbocycles. The van der Waals surface area contributed by atoms with E-state index in [1.54, 1.807) is 0 Å². The molecule has 0 unspecified atom stereocenters. The van der Waals surface area contributed by atoms with Crippen LogP contribution in [0.1, 0.15) is 24.8 Å². The Kier molecular flexibility index (Phi) is 2.49. The smallest absolute Gasteiger partial charge is 0.273 e. The molecule has 0 atom stereocenters. The first kappa shape index (κ1) is 11.5. The molecule has 4 nitrogen and oxygen atoms in total. The molecule has 0 radical (unpaired) electrons. The number of rotatable bonds is 2. The van der Waals surface area contributed by atoms with Gasteiger partial charge < -0.3 is 4.98 Å². The van der Waals surface area contributed by atoms with E-state index in [4.69, 9.17) is 0 Å². The van der Waals surface area contributed by atoms with E-state index in [2.05, 4.69) is 21.6 Å². The van der Waals surface area contributed by atoms with Crippen molar-refractivity contribution < 1.29 is 4.79 Å². The molecule has 1 fully saturated rings. The van der Waals surface area contributed by atoms with Crippen LogP contribution in [0.3, 0.4) is 0 Å². The van der Waals surface area contributed by atoms with E-state index in [1.165, 1.54) is 6.42 Å². The second kappa shape index (κ2) is 4.34. The lowest BCUT2D eigenvalue weighted by Gasteiger charge is -2.24. The molecule has 2 N–H and O–H groups in total. The molecule has 20 heavy (non-hydrogen) atoms. The number of carbonyl (C=O) groups excluding carboxylic acids is 1. The van der Waals surface area contributed by atoms with E-state index in [-0.39, 0.29) is 5.91 Å². The van der Waals surface area contributed by atoms with Gasteiger partial charge in [0.2, 0.25) is 0 Å². The van der Waals surface area contributed by atoms with Crippen molar-refractivity contribution in [3.63, 3.8) is 0 Å². The molecule has 1 amide bonds. The molecule has 2 aromatic rings. The van der Waals surface area contributed by atoms with Gasteiger partial charge in [-0.15, -0.1) is 0 Å². The number of aromatic nitrogens is 1. The van der Waals surface area contributed by atoms with E-state index in [9.17, 15) is 4.79 Å². The van der Waals surface area contributed by atoms with Crippen molar-refractivity contribution in [2.75, 3.05) is 0 Å². The van der Waals surface area contributed by atoms with Gasteiger partial charge >= 0.3 is 0 Å². The Morgan fingerprint density at radius 2 is 2.10 bits per heavy atom. The summed E-state index contributed by atoms with van der Waals surface area (Å²) in [5.41, 5.74) is 6.38. The molecule has 0 bridgehead atoms.